The van der Waals surface area contributed by atoms with Crippen molar-refractivity contribution < 1.29 is 22.8 Å². The number of nitrogens with zero attached hydrogens (tertiary/aromatic N) is 3. The van der Waals surface area contributed by atoms with Crippen LogP contribution in [0.4, 0.5) is 8.78 Å². The van der Waals surface area contributed by atoms with Gasteiger partial charge in [-0.25, -0.2) is 8.78 Å². The lowest BCUT2D eigenvalue weighted by Gasteiger charge is -2.32. The molecule has 2 heterocycles. The normalized spacial score (nSPS) is 18.0. The monoisotopic (exact) mass is 337 g/mol. The number of aromatic nitrogens is 2. The summed E-state index contributed by atoms with van der Waals surface area (Å²) in [6.07, 6.45) is 1.19. The molecule has 128 valence electrons. The van der Waals surface area contributed by atoms with Crippen LogP contribution in [0.5, 0.6) is 0 Å². The fourth-order valence-electron chi connectivity index (χ4n) is 2.71. The van der Waals surface area contributed by atoms with Gasteiger partial charge in [-0.05, 0) is 31.9 Å². The SMILES string of the molecule is Cc1noc(COC2CCCN(C(=O)c3c(F)cccc3F)C2)n1. The topological polar surface area (TPSA) is 68.5 Å². The van der Waals surface area contributed by atoms with Crippen LogP contribution in [0, 0.1) is 18.6 Å². The van der Waals surface area contributed by atoms with E-state index in [9.17, 15) is 13.6 Å². The van der Waals surface area contributed by atoms with E-state index in [4.69, 9.17) is 9.26 Å². The van der Waals surface area contributed by atoms with E-state index >= 15 is 0 Å². The summed E-state index contributed by atoms with van der Waals surface area (Å²) in [4.78, 5) is 17.9. The Bertz CT molecular complexity index is 715. The molecule has 0 spiro atoms. The van der Waals surface area contributed by atoms with Crippen molar-refractivity contribution in [2.45, 2.75) is 32.5 Å². The van der Waals surface area contributed by atoms with E-state index in [-0.39, 0.29) is 19.3 Å². The lowest BCUT2D eigenvalue weighted by Crippen LogP contribution is -2.43. The number of ether oxygens (including phenoxy) is 1. The number of amides is 1. The summed E-state index contributed by atoms with van der Waals surface area (Å²) in [7, 11) is 0. The summed E-state index contributed by atoms with van der Waals surface area (Å²) in [6.45, 7) is 2.55. The molecule has 1 unspecified atom stereocenters. The van der Waals surface area contributed by atoms with E-state index in [1.807, 2.05) is 0 Å². The first-order valence-corrected chi connectivity index (χ1v) is 7.68. The first-order valence-electron chi connectivity index (χ1n) is 7.68. The van der Waals surface area contributed by atoms with Crippen molar-refractivity contribution >= 4 is 5.91 Å². The number of rotatable bonds is 4. The Hall–Kier alpha value is -2.35. The molecule has 0 bridgehead atoms. The van der Waals surface area contributed by atoms with Gasteiger partial charge < -0.3 is 14.2 Å². The number of halogens is 2. The number of carbonyl (C=O) groups excluding carboxylic acids is 1. The molecular weight excluding hydrogens is 320 g/mol. The Labute approximate surface area is 137 Å². The standard InChI is InChI=1S/C16H17F2N3O3/c1-10-19-14(24-20-10)9-23-11-4-3-7-21(8-11)16(22)15-12(17)5-2-6-13(15)18/h2,5-6,11H,3-4,7-9H2,1H3. The Morgan fingerprint density at radius 3 is 2.83 bits per heavy atom. The zero-order chi connectivity index (χ0) is 17.1. The molecule has 6 nitrogen and oxygen atoms in total. The summed E-state index contributed by atoms with van der Waals surface area (Å²) in [6, 6.07) is 3.38. The van der Waals surface area contributed by atoms with Crippen LogP contribution < -0.4 is 0 Å². The minimum atomic E-state index is -0.857. The van der Waals surface area contributed by atoms with Crippen LogP contribution in [0.3, 0.4) is 0 Å². The molecule has 1 fully saturated rings. The lowest BCUT2D eigenvalue weighted by molar-refractivity contribution is -0.0155. The van der Waals surface area contributed by atoms with Gasteiger partial charge in [0.15, 0.2) is 5.82 Å². The number of benzene rings is 1. The van der Waals surface area contributed by atoms with Gasteiger partial charge in [-0.15, -0.1) is 0 Å². The number of carbonyl (C=O) groups is 1. The molecule has 1 aliphatic rings. The Morgan fingerprint density at radius 1 is 1.42 bits per heavy atom. The number of hydrogen-bond donors (Lipinski definition) is 0. The molecular formula is C16H17F2N3O3. The third-order valence-electron chi connectivity index (χ3n) is 3.85. The van der Waals surface area contributed by atoms with Crippen LogP contribution in [0.25, 0.3) is 0 Å². The lowest BCUT2D eigenvalue weighted by atomic mass is 10.1. The summed E-state index contributed by atoms with van der Waals surface area (Å²) < 4.78 is 38.2. The molecule has 8 heteroatoms. The van der Waals surface area contributed by atoms with Crippen LogP contribution in [0.1, 0.15) is 34.9 Å². The minimum Gasteiger partial charge on any atom is -0.367 e. The Morgan fingerprint density at radius 2 is 2.17 bits per heavy atom. The average Bonchev–Trinajstić information content (AvgIpc) is 2.98. The van der Waals surface area contributed by atoms with Crippen molar-refractivity contribution in [1.29, 1.82) is 0 Å². The van der Waals surface area contributed by atoms with Gasteiger partial charge in [0.1, 0.15) is 23.8 Å². The number of likely N-dealkylation sites (tertiary alicyclic amines) is 1. The second-order valence-corrected chi connectivity index (χ2v) is 5.66. The molecule has 2 aromatic rings. The van der Waals surface area contributed by atoms with Crippen LogP contribution in [-0.2, 0) is 11.3 Å². The number of aryl methyl sites for hydroxylation is 1. The average molecular weight is 337 g/mol. The predicted molar refractivity (Wildman–Crippen MR) is 79.1 cm³/mol. The molecule has 0 radical (unpaired) electrons. The molecule has 3 rings (SSSR count). The van der Waals surface area contributed by atoms with Crippen molar-refractivity contribution in [3.8, 4) is 0 Å². The van der Waals surface area contributed by atoms with Crippen molar-refractivity contribution in [1.82, 2.24) is 15.0 Å². The maximum Gasteiger partial charge on any atom is 0.259 e. The van der Waals surface area contributed by atoms with Gasteiger partial charge >= 0.3 is 0 Å². The summed E-state index contributed by atoms with van der Waals surface area (Å²) in [5, 5.41) is 3.67. The quantitative estimate of drug-likeness (QED) is 0.857. The largest absolute Gasteiger partial charge is 0.367 e. The van der Waals surface area contributed by atoms with E-state index in [1.54, 1.807) is 6.92 Å². The smallest absolute Gasteiger partial charge is 0.259 e. The molecule has 1 aromatic heterocycles. The van der Waals surface area contributed by atoms with Crippen LogP contribution in [-0.4, -0.2) is 40.1 Å². The second-order valence-electron chi connectivity index (χ2n) is 5.66. The molecule has 1 atom stereocenters. The second kappa shape index (κ2) is 7.04. The maximum atomic E-state index is 13.8. The molecule has 1 aliphatic heterocycles. The van der Waals surface area contributed by atoms with E-state index in [2.05, 4.69) is 10.1 Å². The van der Waals surface area contributed by atoms with Crippen molar-refractivity contribution in [3.63, 3.8) is 0 Å². The van der Waals surface area contributed by atoms with Gasteiger partial charge in [-0.2, -0.15) is 4.98 Å². The van der Waals surface area contributed by atoms with Crippen molar-refractivity contribution in [2.75, 3.05) is 13.1 Å². The zero-order valence-electron chi connectivity index (χ0n) is 13.2. The third kappa shape index (κ3) is 3.59. The molecule has 24 heavy (non-hydrogen) atoms. The fraction of sp³-hybridized carbons (Fsp3) is 0.438. The molecule has 1 saturated heterocycles. The van der Waals surface area contributed by atoms with Crippen LogP contribution in [0.15, 0.2) is 22.7 Å². The van der Waals surface area contributed by atoms with E-state index in [0.717, 1.165) is 18.6 Å². The van der Waals surface area contributed by atoms with Gasteiger partial charge in [0.25, 0.3) is 11.8 Å². The van der Waals surface area contributed by atoms with Gasteiger partial charge in [0, 0.05) is 13.1 Å². The van der Waals surface area contributed by atoms with E-state index in [0.29, 0.717) is 24.7 Å². The number of hydrogen-bond acceptors (Lipinski definition) is 5. The highest BCUT2D eigenvalue weighted by Gasteiger charge is 2.28. The minimum absolute atomic E-state index is 0.140. The van der Waals surface area contributed by atoms with E-state index < -0.39 is 23.1 Å². The van der Waals surface area contributed by atoms with Gasteiger partial charge in [-0.3, -0.25) is 4.79 Å². The third-order valence-corrected chi connectivity index (χ3v) is 3.85. The molecule has 0 aliphatic carbocycles. The molecule has 0 N–H and O–H groups in total. The van der Waals surface area contributed by atoms with Crippen molar-refractivity contribution in [3.05, 3.63) is 47.1 Å². The first-order chi connectivity index (χ1) is 11.5. The predicted octanol–water partition coefficient (Wildman–Crippen LogP) is 2.48. The molecule has 0 saturated carbocycles. The van der Waals surface area contributed by atoms with Crippen LogP contribution in [0.2, 0.25) is 0 Å². The Balaban J connectivity index is 1.63. The first kappa shape index (κ1) is 16.5. The highest BCUT2D eigenvalue weighted by molar-refractivity contribution is 5.94. The summed E-state index contributed by atoms with van der Waals surface area (Å²) in [5.41, 5.74) is -0.523. The van der Waals surface area contributed by atoms with Gasteiger partial charge in [0.05, 0.1) is 6.10 Å². The summed E-state index contributed by atoms with van der Waals surface area (Å²) in [5.74, 6) is -1.50. The highest BCUT2D eigenvalue weighted by Crippen LogP contribution is 2.20. The van der Waals surface area contributed by atoms with Gasteiger partial charge in [-0.1, -0.05) is 11.2 Å². The Kier molecular flexibility index (Phi) is 4.84. The van der Waals surface area contributed by atoms with Crippen LogP contribution >= 0.6 is 0 Å². The number of piperidine rings is 1. The van der Waals surface area contributed by atoms with Gasteiger partial charge in [0.2, 0.25) is 0 Å². The maximum absolute atomic E-state index is 13.8. The molecule has 1 aromatic carbocycles. The zero-order valence-corrected chi connectivity index (χ0v) is 13.2. The van der Waals surface area contributed by atoms with Crippen molar-refractivity contribution in [2.24, 2.45) is 0 Å². The highest BCUT2D eigenvalue weighted by atomic mass is 19.1. The van der Waals surface area contributed by atoms with E-state index in [1.165, 1.54) is 11.0 Å². The molecule has 1 amide bonds. The fourth-order valence-corrected chi connectivity index (χ4v) is 2.71. The summed E-state index contributed by atoms with van der Waals surface area (Å²) >= 11 is 0.